The summed E-state index contributed by atoms with van der Waals surface area (Å²) in [5, 5.41) is 0.965. The predicted octanol–water partition coefficient (Wildman–Crippen LogP) is 4.52. The van der Waals surface area contributed by atoms with Crippen LogP contribution in [-0.2, 0) is 4.79 Å². The van der Waals surface area contributed by atoms with Crippen LogP contribution in [-0.4, -0.2) is 51.9 Å². The number of likely N-dealkylation sites (tertiary alicyclic amines) is 1. The van der Waals surface area contributed by atoms with Crippen molar-refractivity contribution in [3.63, 3.8) is 0 Å². The van der Waals surface area contributed by atoms with E-state index in [0.29, 0.717) is 23.4 Å². The van der Waals surface area contributed by atoms with E-state index < -0.39 is 11.9 Å². The quantitative estimate of drug-likeness (QED) is 0.608. The Kier molecular flexibility index (Phi) is 6.29. The van der Waals surface area contributed by atoms with Crippen LogP contribution < -0.4 is 9.64 Å². The molecule has 2 aliphatic rings. The van der Waals surface area contributed by atoms with Gasteiger partial charge < -0.3 is 14.5 Å². The summed E-state index contributed by atoms with van der Waals surface area (Å²) >= 11 is 4.76. The van der Waals surface area contributed by atoms with Crippen molar-refractivity contribution in [3.8, 4) is 5.75 Å². The Morgan fingerprint density at radius 1 is 1.23 bits per heavy atom. The minimum atomic E-state index is -0.616. The fourth-order valence-corrected chi connectivity index (χ4v) is 5.15. The van der Waals surface area contributed by atoms with E-state index in [-0.39, 0.29) is 17.7 Å². The predicted molar refractivity (Wildman–Crippen MR) is 119 cm³/mol. The smallest absolute Gasteiger partial charge is 0.263 e. The van der Waals surface area contributed by atoms with E-state index in [2.05, 4.69) is 44.0 Å². The molecule has 2 aliphatic heterocycles. The maximum absolute atomic E-state index is 14.2. The second kappa shape index (κ2) is 8.78. The minimum Gasteiger partial charge on any atom is -0.477 e. The first-order valence-electron chi connectivity index (χ1n) is 10.3. The summed E-state index contributed by atoms with van der Waals surface area (Å²) in [7, 11) is 0. The summed E-state index contributed by atoms with van der Waals surface area (Å²) in [5.74, 6) is 0.868. The number of amides is 1. The van der Waals surface area contributed by atoms with Crippen molar-refractivity contribution < 1.29 is 13.9 Å². The molecule has 0 saturated carbocycles. The molecule has 0 radical (unpaired) electrons. The fourth-order valence-electron chi connectivity index (χ4n) is 3.98. The van der Waals surface area contributed by atoms with Gasteiger partial charge in [-0.05, 0) is 37.5 Å². The Bertz CT molecular complexity index is 930. The number of nitrogens with zero attached hydrogens (tertiary/aromatic N) is 4. The molecule has 0 spiro atoms. The highest BCUT2D eigenvalue weighted by Gasteiger charge is 2.39. The van der Waals surface area contributed by atoms with Gasteiger partial charge in [0.1, 0.15) is 5.82 Å². The lowest BCUT2D eigenvalue weighted by atomic mass is 10.0. The molecule has 6 nitrogen and oxygen atoms in total. The van der Waals surface area contributed by atoms with Gasteiger partial charge in [0.25, 0.3) is 5.91 Å². The van der Waals surface area contributed by atoms with Crippen molar-refractivity contribution in [2.75, 3.05) is 24.5 Å². The molecular weight excluding hydrogens is 471 g/mol. The van der Waals surface area contributed by atoms with Crippen LogP contribution in [0.25, 0.3) is 0 Å². The van der Waals surface area contributed by atoms with E-state index in [1.54, 1.807) is 6.07 Å². The van der Waals surface area contributed by atoms with Crippen molar-refractivity contribution in [1.29, 1.82) is 0 Å². The number of carbonyl (C=O) groups is 1. The largest absolute Gasteiger partial charge is 0.477 e. The standard InChI is InChI=1S/C21H26BrFN4O2S/c1-12(2)19-24-21(30-25-19)26-7-4-14(5-8-26)27-9-6-17(20(27)28)29-18-10-13(3)15(22)11-16(18)23/h10-12,14,17H,4-9H2,1-3H3. The number of benzene rings is 1. The van der Waals surface area contributed by atoms with Gasteiger partial charge in [-0.2, -0.15) is 4.37 Å². The number of aryl methyl sites for hydroxylation is 1. The van der Waals surface area contributed by atoms with Gasteiger partial charge in [-0.1, -0.05) is 29.8 Å². The molecule has 1 aromatic heterocycles. The highest BCUT2D eigenvalue weighted by Crippen LogP contribution is 2.31. The van der Waals surface area contributed by atoms with Gasteiger partial charge in [-0.15, -0.1) is 0 Å². The summed E-state index contributed by atoms with van der Waals surface area (Å²) < 4.78 is 25.1. The minimum absolute atomic E-state index is 0.0357. The average Bonchev–Trinajstić information content (AvgIpc) is 3.34. The molecule has 0 bridgehead atoms. The lowest BCUT2D eigenvalue weighted by Crippen LogP contribution is -2.47. The summed E-state index contributed by atoms with van der Waals surface area (Å²) in [6.45, 7) is 8.42. The van der Waals surface area contributed by atoms with Crippen LogP contribution in [0.5, 0.6) is 5.75 Å². The number of carbonyl (C=O) groups excluding carboxylic acids is 1. The third-order valence-electron chi connectivity index (χ3n) is 5.80. The maximum Gasteiger partial charge on any atom is 0.263 e. The molecule has 1 amide bonds. The lowest BCUT2D eigenvalue weighted by Gasteiger charge is -2.36. The van der Waals surface area contributed by atoms with Gasteiger partial charge in [-0.25, -0.2) is 9.37 Å². The number of ether oxygens (including phenoxy) is 1. The van der Waals surface area contributed by atoms with Crippen LogP contribution in [0.1, 0.15) is 50.4 Å². The Morgan fingerprint density at radius 2 is 1.97 bits per heavy atom. The highest BCUT2D eigenvalue weighted by molar-refractivity contribution is 9.10. The molecule has 2 aromatic rings. The average molecular weight is 497 g/mol. The maximum atomic E-state index is 14.2. The molecule has 4 rings (SSSR count). The molecule has 1 aromatic carbocycles. The summed E-state index contributed by atoms with van der Waals surface area (Å²) in [5.41, 5.74) is 0.873. The first-order valence-corrected chi connectivity index (χ1v) is 11.9. The molecule has 1 atom stereocenters. The zero-order chi connectivity index (χ0) is 21.4. The van der Waals surface area contributed by atoms with Gasteiger partial charge >= 0.3 is 0 Å². The number of anilines is 1. The van der Waals surface area contributed by atoms with E-state index in [1.807, 2.05) is 11.8 Å². The summed E-state index contributed by atoms with van der Waals surface area (Å²) in [6, 6.07) is 3.22. The molecule has 0 aliphatic carbocycles. The lowest BCUT2D eigenvalue weighted by molar-refractivity contribution is -0.135. The molecule has 0 N–H and O–H groups in total. The Labute approximate surface area is 188 Å². The van der Waals surface area contributed by atoms with Crippen molar-refractivity contribution in [2.45, 2.75) is 58.1 Å². The molecule has 3 heterocycles. The van der Waals surface area contributed by atoms with E-state index in [4.69, 9.17) is 4.74 Å². The van der Waals surface area contributed by atoms with E-state index in [1.165, 1.54) is 17.6 Å². The van der Waals surface area contributed by atoms with Crippen molar-refractivity contribution in [3.05, 3.63) is 33.8 Å². The van der Waals surface area contributed by atoms with Gasteiger partial charge in [0.2, 0.25) is 5.13 Å². The Morgan fingerprint density at radius 3 is 2.63 bits per heavy atom. The van der Waals surface area contributed by atoms with E-state index in [9.17, 15) is 9.18 Å². The third kappa shape index (κ3) is 4.32. The van der Waals surface area contributed by atoms with Crippen LogP contribution in [0.2, 0.25) is 0 Å². The number of rotatable bonds is 5. The first-order chi connectivity index (χ1) is 14.3. The molecule has 9 heteroatoms. The fraction of sp³-hybridized carbons (Fsp3) is 0.571. The van der Waals surface area contributed by atoms with Gasteiger partial charge in [0.15, 0.2) is 17.7 Å². The summed E-state index contributed by atoms with van der Waals surface area (Å²) in [4.78, 5) is 21.8. The van der Waals surface area contributed by atoms with Crippen LogP contribution >= 0.6 is 27.5 Å². The van der Waals surface area contributed by atoms with Crippen LogP contribution in [0.3, 0.4) is 0 Å². The molecule has 162 valence electrons. The van der Waals surface area contributed by atoms with Crippen molar-refractivity contribution in [2.24, 2.45) is 0 Å². The van der Waals surface area contributed by atoms with Crippen molar-refractivity contribution in [1.82, 2.24) is 14.3 Å². The molecular formula is C21H26BrFN4O2S. The molecule has 30 heavy (non-hydrogen) atoms. The normalized spacial score (nSPS) is 20.5. The Hall–Kier alpha value is -1.74. The molecule has 1 unspecified atom stereocenters. The number of halogens is 2. The second-order valence-corrected chi connectivity index (χ2v) is 9.85. The number of piperidine rings is 1. The third-order valence-corrected chi connectivity index (χ3v) is 7.44. The zero-order valence-electron chi connectivity index (χ0n) is 17.4. The summed E-state index contributed by atoms with van der Waals surface area (Å²) in [6.07, 6.45) is 1.75. The van der Waals surface area contributed by atoms with Crippen LogP contribution in [0.15, 0.2) is 16.6 Å². The number of hydrogen-bond donors (Lipinski definition) is 0. The van der Waals surface area contributed by atoms with E-state index in [0.717, 1.165) is 42.5 Å². The molecule has 2 saturated heterocycles. The zero-order valence-corrected chi connectivity index (χ0v) is 19.8. The Balaban J connectivity index is 1.35. The number of hydrogen-bond acceptors (Lipinski definition) is 6. The second-order valence-electron chi connectivity index (χ2n) is 8.27. The number of aromatic nitrogens is 2. The van der Waals surface area contributed by atoms with Gasteiger partial charge in [-0.3, -0.25) is 4.79 Å². The van der Waals surface area contributed by atoms with E-state index >= 15 is 0 Å². The van der Waals surface area contributed by atoms with Gasteiger partial charge in [0, 0.05) is 54.0 Å². The monoisotopic (exact) mass is 496 g/mol. The van der Waals surface area contributed by atoms with Crippen molar-refractivity contribution >= 4 is 38.5 Å². The highest BCUT2D eigenvalue weighted by atomic mass is 79.9. The van der Waals surface area contributed by atoms with Gasteiger partial charge in [0.05, 0.1) is 0 Å². The van der Waals surface area contributed by atoms with Crippen LogP contribution in [0, 0.1) is 12.7 Å². The topological polar surface area (TPSA) is 58.6 Å². The first kappa shape index (κ1) is 21.5. The molecule has 2 fully saturated rings. The van der Waals surface area contributed by atoms with Crippen LogP contribution in [0.4, 0.5) is 9.52 Å². The SMILES string of the molecule is Cc1cc(OC2CCN(C3CCN(c4nc(C(C)C)ns4)CC3)C2=O)c(F)cc1Br.